The minimum atomic E-state index is -1.49. The summed E-state index contributed by atoms with van der Waals surface area (Å²) in [6.45, 7) is 6.61. The fraction of sp³-hybridized carbons (Fsp3) is 0.500. The van der Waals surface area contributed by atoms with E-state index in [0.29, 0.717) is 16.8 Å². The lowest BCUT2D eigenvalue weighted by molar-refractivity contribution is -0.148. The summed E-state index contributed by atoms with van der Waals surface area (Å²) in [5.41, 5.74) is -1.18. The number of nitrogens with zero attached hydrogens (tertiary/aromatic N) is 3. The van der Waals surface area contributed by atoms with E-state index in [1.807, 2.05) is 0 Å². The number of hydrogen-bond donors (Lipinski definition) is 1. The molecule has 3 rings (SSSR count). The first-order valence-corrected chi connectivity index (χ1v) is 9.73. The van der Waals surface area contributed by atoms with Gasteiger partial charge in [-0.1, -0.05) is 11.6 Å². The van der Waals surface area contributed by atoms with Crippen LogP contribution in [0, 0.1) is 0 Å². The molecule has 1 aromatic heterocycles. The number of aliphatic carboxylic acids is 1. The van der Waals surface area contributed by atoms with Crippen molar-refractivity contribution in [2.45, 2.75) is 51.4 Å². The molecule has 1 amide bonds. The first kappa shape index (κ1) is 21.9. The van der Waals surface area contributed by atoms with Crippen molar-refractivity contribution in [3.63, 3.8) is 0 Å². The minimum absolute atomic E-state index is 0.00582. The van der Waals surface area contributed by atoms with Crippen LogP contribution in [0.25, 0.3) is 11.0 Å². The van der Waals surface area contributed by atoms with Gasteiger partial charge in [0.15, 0.2) is 5.15 Å². The highest BCUT2D eigenvalue weighted by Crippen LogP contribution is 2.35. The Morgan fingerprint density at radius 1 is 1.27 bits per heavy atom. The summed E-state index contributed by atoms with van der Waals surface area (Å²) in [6.07, 6.45) is -1.34. The van der Waals surface area contributed by atoms with Crippen molar-refractivity contribution in [1.82, 2.24) is 14.9 Å². The van der Waals surface area contributed by atoms with Gasteiger partial charge < -0.3 is 19.3 Å². The summed E-state index contributed by atoms with van der Waals surface area (Å²) in [4.78, 5) is 34.4. The number of rotatable bonds is 4. The van der Waals surface area contributed by atoms with Crippen LogP contribution in [-0.4, -0.2) is 62.9 Å². The van der Waals surface area contributed by atoms with Gasteiger partial charge in [-0.15, -0.1) is 0 Å². The smallest absolute Gasteiger partial charge is 0.411 e. The van der Waals surface area contributed by atoms with E-state index in [9.17, 15) is 14.7 Å². The molecular weight excluding hydrogens is 414 g/mol. The van der Waals surface area contributed by atoms with Crippen LogP contribution >= 0.6 is 11.6 Å². The molecule has 2 aromatic rings. The van der Waals surface area contributed by atoms with Gasteiger partial charge in [0.1, 0.15) is 23.0 Å². The van der Waals surface area contributed by atoms with E-state index in [2.05, 4.69) is 9.97 Å². The second kappa shape index (κ2) is 7.79. The number of halogens is 1. The van der Waals surface area contributed by atoms with Crippen LogP contribution < -0.4 is 9.47 Å². The number of carboxylic acids is 1. The normalized spacial score (nSPS) is 21.5. The molecule has 1 aliphatic heterocycles. The second-order valence-corrected chi connectivity index (χ2v) is 8.65. The molecule has 1 fully saturated rings. The number of likely N-dealkylation sites (tertiary alicyclic amines) is 1. The number of aromatic nitrogens is 2. The van der Waals surface area contributed by atoms with Crippen LogP contribution in [-0.2, 0) is 9.53 Å². The number of methoxy groups -OCH3 is 1. The Kier molecular flexibility index (Phi) is 5.68. The number of ether oxygens (including phenoxy) is 3. The highest BCUT2D eigenvalue weighted by Gasteiger charge is 2.52. The summed E-state index contributed by atoms with van der Waals surface area (Å²) >= 11 is 6.22. The lowest BCUT2D eigenvalue weighted by Gasteiger charge is -2.32. The van der Waals surface area contributed by atoms with Crippen molar-refractivity contribution in [1.29, 1.82) is 0 Å². The summed E-state index contributed by atoms with van der Waals surface area (Å²) < 4.78 is 16.5. The highest BCUT2D eigenvalue weighted by atomic mass is 35.5. The van der Waals surface area contributed by atoms with Crippen molar-refractivity contribution in [2.75, 3.05) is 13.7 Å². The maximum absolute atomic E-state index is 12.6. The summed E-state index contributed by atoms with van der Waals surface area (Å²) in [7, 11) is 1.54. The third-order valence-electron chi connectivity index (χ3n) is 4.76. The van der Waals surface area contributed by atoms with Gasteiger partial charge in [-0.2, -0.15) is 0 Å². The van der Waals surface area contributed by atoms with E-state index in [-0.39, 0.29) is 24.0 Å². The quantitative estimate of drug-likeness (QED) is 0.773. The molecule has 2 heterocycles. The van der Waals surface area contributed by atoms with Gasteiger partial charge in [-0.3, -0.25) is 4.90 Å². The third kappa shape index (κ3) is 4.35. The van der Waals surface area contributed by atoms with Crippen molar-refractivity contribution in [2.24, 2.45) is 0 Å². The molecule has 1 aromatic carbocycles. The molecule has 9 nitrogen and oxygen atoms in total. The number of carbonyl (C=O) groups excluding carboxylic acids is 1. The Morgan fingerprint density at radius 3 is 2.57 bits per heavy atom. The molecule has 0 unspecified atom stereocenters. The van der Waals surface area contributed by atoms with E-state index in [1.54, 1.807) is 46.1 Å². The number of carbonyl (C=O) groups is 2. The topological polar surface area (TPSA) is 111 Å². The van der Waals surface area contributed by atoms with Gasteiger partial charge in [0, 0.05) is 12.5 Å². The molecule has 10 heteroatoms. The number of amides is 1. The zero-order chi connectivity index (χ0) is 22.3. The van der Waals surface area contributed by atoms with Crippen molar-refractivity contribution in [3.8, 4) is 11.6 Å². The minimum Gasteiger partial charge on any atom is -0.497 e. The first-order valence-electron chi connectivity index (χ1n) is 9.35. The lowest BCUT2D eigenvalue weighted by Crippen LogP contribution is -2.52. The SMILES string of the molecule is COc1ccc2nc(Cl)c(O[C@H]3CN(C(=O)OC(C)(C)C)[C@](C)(C(=O)O)C3)nc2c1. The maximum atomic E-state index is 12.6. The summed E-state index contributed by atoms with van der Waals surface area (Å²) in [5, 5.41) is 9.80. The lowest BCUT2D eigenvalue weighted by atomic mass is 9.99. The fourth-order valence-corrected chi connectivity index (χ4v) is 3.43. The Bertz CT molecular complexity index is 992. The van der Waals surface area contributed by atoms with E-state index in [4.69, 9.17) is 25.8 Å². The Hall–Kier alpha value is -2.81. The van der Waals surface area contributed by atoms with Crippen LogP contribution in [0.1, 0.15) is 34.1 Å². The number of hydrogen-bond acceptors (Lipinski definition) is 7. The Balaban J connectivity index is 1.87. The van der Waals surface area contributed by atoms with Crippen molar-refractivity contribution >= 4 is 34.7 Å². The second-order valence-electron chi connectivity index (χ2n) is 8.29. The monoisotopic (exact) mass is 437 g/mol. The number of benzene rings is 1. The van der Waals surface area contributed by atoms with Gasteiger partial charge in [0.05, 0.1) is 24.7 Å². The Labute approximate surface area is 178 Å². The van der Waals surface area contributed by atoms with Gasteiger partial charge in [-0.25, -0.2) is 19.6 Å². The molecule has 2 atom stereocenters. The molecule has 0 bridgehead atoms. The average molecular weight is 438 g/mol. The van der Waals surface area contributed by atoms with Crippen LogP contribution in [0.15, 0.2) is 18.2 Å². The molecule has 30 heavy (non-hydrogen) atoms. The molecule has 0 saturated carbocycles. The molecule has 1 aliphatic rings. The largest absolute Gasteiger partial charge is 0.497 e. The van der Waals surface area contributed by atoms with E-state index < -0.39 is 29.3 Å². The van der Waals surface area contributed by atoms with Crippen LogP contribution in [0.2, 0.25) is 5.15 Å². The van der Waals surface area contributed by atoms with Gasteiger partial charge in [0.25, 0.3) is 5.88 Å². The molecular formula is C20H24ClN3O6. The third-order valence-corrected chi connectivity index (χ3v) is 5.01. The zero-order valence-corrected chi connectivity index (χ0v) is 18.2. The molecule has 0 spiro atoms. The predicted octanol–water partition coefficient (Wildman–Crippen LogP) is 3.52. The molecule has 0 aliphatic carbocycles. The summed E-state index contributed by atoms with van der Waals surface area (Å²) in [6, 6.07) is 5.15. The average Bonchev–Trinajstić information content (AvgIpc) is 2.98. The molecule has 162 valence electrons. The standard InChI is InChI=1S/C20H24ClN3O6/c1-19(2,3)30-18(27)24-10-12(9-20(24,4)17(25)26)29-16-15(21)22-13-7-6-11(28-5)8-14(13)23-16/h6-8,12H,9-10H2,1-5H3,(H,25,26)/t12-,20+/m1/s1. The van der Waals surface area contributed by atoms with E-state index >= 15 is 0 Å². The predicted molar refractivity (Wildman–Crippen MR) is 109 cm³/mol. The van der Waals surface area contributed by atoms with Crippen molar-refractivity contribution in [3.05, 3.63) is 23.4 Å². The molecule has 1 saturated heterocycles. The van der Waals surface area contributed by atoms with Gasteiger partial charge >= 0.3 is 12.1 Å². The molecule has 1 N–H and O–H groups in total. The van der Waals surface area contributed by atoms with Crippen molar-refractivity contribution < 1.29 is 28.9 Å². The van der Waals surface area contributed by atoms with E-state index in [0.717, 1.165) is 4.90 Å². The van der Waals surface area contributed by atoms with E-state index in [1.165, 1.54) is 6.92 Å². The maximum Gasteiger partial charge on any atom is 0.411 e. The van der Waals surface area contributed by atoms with Crippen LogP contribution in [0.3, 0.4) is 0 Å². The molecule has 0 radical (unpaired) electrons. The van der Waals surface area contributed by atoms with Gasteiger partial charge in [0.2, 0.25) is 0 Å². The number of carboxylic acid groups (broad SMARTS) is 1. The first-order chi connectivity index (χ1) is 13.9. The zero-order valence-electron chi connectivity index (χ0n) is 17.4. The van der Waals surface area contributed by atoms with Gasteiger partial charge in [-0.05, 0) is 39.8 Å². The number of fused-ring (bicyclic) bond motifs is 1. The fourth-order valence-electron chi connectivity index (χ4n) is 3.25. The Morgan fingerprint density at radius 2 is 1.97 bits per heavy atom. The van der Waals surface area contributed by atoms with Crippen LogP contribution in [0.4, 0.5) is 4.79 Å². The highest BCUT2D eigenvalue weighted by molar-refractivity contribution is 6.31. The van der Waals surface area contributed by atoms with Crippen LogP contribution in [0.5, 0.6) is 11.6 Å². The summed E-state index contributed by atoms with van der Waals surface area (Å²) in [5.74, 6) is -0.499.